The number of carbonyl (C=O) groups is 1. The van der Waals surface area contributed by atoms with Crippen LogP contribution in [0.4, 0.5) is 0 Å². The molecule has 0 unspecified atom stereocenters. The van der Waals surface area contributed by atoms with Crippen molar-refractivity contribution in [3.8, 4) is 0 Å². The molecule has 156 valence electrons. The van der Waals surface area contributed by atoms with Crippen molar-refractivity contribution in [1.29, 1.82) is 0 Å². The third kappa shape index (κ3) is 3.63. The van der Waals surface area contributed by atoms with E-state index in [0.29, 0.717) is 31.6 Å². The standard InChI is InChI=1S/C25H29N3O2/c29-24(25(10-4-5-11-25)22-6-2-1-3-7-22)28-12-13-30-18-20(17-28)14-19-8-9-23-21(15-19)16-26-27-23/h1-3,6-9,15-16,20H,4-5,10-14,17-18H2,(H,26,27)/t20-/m0/s1. The topological polar surface area (TPSA) is 58.2 Å². The minimum absolute atomic E-state index is 0.298. The van der Waals surface area contributed by atoms with Gasteiger partial charge in [-0.2, -0.15) is 5.10 Å². The molecular weight excluding hydrogens is 374 g/mol. The number of H-pyrrole nitrogens is 1. The van der Waals surface area contributed by atoms with Crippen molar-refractivity contribution >= 4 is 16.8 Å². The summed E-state index contributed by atoms with van der Waals surface area (Å²) in [6, 6.07) is 16.8. The maximum atomic E-state index is 13.9. The quantitative estimate of drug-likeness (QED) is 0.714. The van der Waals surface area contributed by atoms with Crippen LogP contribution in [0.5, 0.6) is 0 Å². The first-order chi connectivity index (χ1) is 14.7. The highest BCUT2D eigenvalue weighted by Gasteiger charge is 2.45. The van der Waals surface area contributed by atoms with E-state index in [-0.39, 0.29) is 5.41 Å². The molecule has 1 aliphatic heterocycles. The summed E-state index contributed by atoms with van der Waals surface area (Å²) in [6.07, 6.45) is 6.92. The highest BCUT2D eigenvalue weighted by molar-refractivity contribution is 5.88. The first-order valence-corrected chi connectivity index (χ1v) is 11.1. The molecule has 5 rings (SSSR count). The Balaban J connectivity index is 1.36. The summed E-state index contributed by atoms with van der Waals surface area (Å²) in [6.45, 7) is 2.76. The highest BCUT2D eigenvalue weighted by Crippen LogP contribution is 2.43. The van der Waals surface area contributed by atoms with E-state index in [2.05, 4.69) is 57.6 Å². The maximum absolute atomic E-state index is 13.9. The van der Waals surface area contributed by atoms with E-state index in [1.54, 1.807) is 0 Å². The second kappa shape index (κ2) is 8.23. The lowest BCUT2D eigenvalue weighted by molar-refractivity contribution is -0.137. The Morgan fingerprint density at radius 1 is 1.17 bits per heavy atom. The van der Waals surface area contributed by atoms with Gasteiger partial charge in [0.15, 0.2) is 0 Å². The molecule has 1 N–H and O–H groups in total. The minimum atomic E-state index is -0.355. The molecule has 2 aromatic carbocycles. The molecule has 5 heteroatoms. The summed E-state index contributed by atoms with van der Waals surface area (Å²) in [4.78, 5) is 16.0. The first-order valence-electron chi connectivity index (χ1n) is 11.1. The third-order valence-electron chi connectivity index (χ3n) is 6.85. The number of aromatic amines is 1. The van der Waals surface area contributed by atoms with Gasteiger partial charge in [-0.05, 0) is 42.5 Å². The Hall–Kier alpha value is -2.66. The van der Waals surface area contributed by atoms with Crippen molar-refractivity contribution in [2.45, 2.75) is 37.5 Å². The van der Waals surface area contributed by atoms with Crippen LogP contribution < -0.4 is 0 Å². The van der Waals surface area contributed by atoms with Crippen LogP contribution in [0.25, 0.3) is 10.9 Å². The predicted octanol–water partition coefficient (Wildman–Crippen LogP) is 4.09. The van der Waals surface area contributed by atoms with Crippen LogP contribution in [0.15, 0.2) is 54.7 Å². The molecule has 1 atom stereocenters. The highest BCUT2D eigenvalue weighted by atomic mass is 16.5. The number of hydrogen-bond acceptors (Lipinski definition) is 3. The van der Waals surface area contributed by atoms with Gasteiger partial charge in [0.2, 0.25) is 5.91 Å². The van der Waals surface area contributed by atoms with E-state index in [1.807, 2.05) is 12.3 Å². The molecular formula is C25H29N3O2. The molecule has 2 fully saturated rings. The van der Waals surface area contributed by atoms with Gasteiger partial charge in [-0.25, -0.2) is 0 Å². The van der Waals surface area contributed by atoms with Gasteiger partial charge >= 0.3 is 0 Å². The van der Waals surface area contributed by atoms with E-state index in [9.17, 15) is 4.79 Å². The van der Waals surface area contributed by atoms with Gasteiger partial charge in [-0.3, -0.25) is 9.89 Å². The molecule has 1 aliphatic carbocycles. The van der Waals surface area contributed by atoms with Crippen LogP contribution in [-0.2, 0) is 21.4 Å². The number of nitrogens with one attached hydrogen (secondary N) is 1. The van der Waals surface area contributed by atoms with Crippen LogP contribution in [0.2, 0.25) is 0 Å². The van der Waals surface area contributed by atoms with Crippen molar-refractivity contribution < 1.29 is 9.53 Å². The van der Waals surface area contributed by atoms with E-state index in [4.69, 9.17) is 4.74 Å². The fourth-order valence-corrected chi connectivity index (χ4v) is 5.31. The Labute approximate surface area is 177 Å². The number of fused-ring (bicyclic) bond motifs is 1. The van der Waals surface area contributed by atoms with Gasteiger partial charge in [0, 0.05) is 24.4 Å². The lowest BCUT2D eigenvalue weighted by Gasteiger charge is -2.35. The number of aromatic nitrogens is 2. The maximum Gasteiger partial charge on any atom is 0.233 e. The van der Waals surface area contributed by atoms with Gasteiger partial charge < -0.3 is 9.64 Å². The minimum Gasteiger partial charge on any atom is -0.379 e. The number of ether oxygens (including phenoxy) is 1. The number of nitrogens with zero attached hydrogens (tertiary/aromatic N) is 2. The van der Waals surface area contributed by atoms with Crippen LogP contribution in [-0.4, -0.2) is 47.3 Å². The lowest BCUT2D eigenvalue weighted by Crippen LogP contribution is -2.47. The summed E-state index contributed by atoms with van der Waals surface area (Å²) in [5.41, 5.74) is 3.15. The Morgan fingerprint density at radius 3 is 2.83 bits per heavy atom. The van der Waals surface area contributed by atoms with Gasteiger partial charge in [0.25, 0.3) is 0 Å². The third-order valence-corrected chi connectivity index (χ3v) is 6.85. The largest absolute Gasteiger partial charge is 0.379 e. The van der Waals surface area contributed by atoms with Crippen LogP contribution in [0, 0.1) is 5.92 Å². The number of benzene rings is 2. The Kier molecular flexibility index (Phi) is 5.30. The molecule has 0 bridgehead atoms. The normalized spacial score (nSPS) is 21.6. The average Bonchev–Trinajstić information content (AvgIpc) is 3.40. The fraction of sp³-hybridized carbons (Fsp3) is 0.440. The Bertz CT molecular complexity index is 1010. The molecule has 0 radical (unpaired) electrons. The number of carbonyl (C=O) groups excluding carboxylic acids is 1. The SMILES string of the molecule is O=C(N1CCOC[C@@H](Cc2ccc3[nH]ncc3c2)C1)C1(c2ccccc2)CCCC1. The molecule has 1 saturated carbocycles. The van der Waals surface area contributed by atoms with Gasteiger partial charge in [-0.15, -0.1) is 0 Å². The summed E-state index contributed by atoms with van der Waals surface area (Å²) in [5.74, 6) is 0.599. The molecule has 1 saturated heterocycles. The number of hydrogen-bond donors (Lipinski definition) is 1. The molecule has 3 aromatic rings. The fourth-order valence-electron chi connectivity index (χ4n) is 5.31. The molecule has 30 heavy (non-hydrogen) atoms. The van der Waals surface area contributed by atoms with Gasteiger partial charge in [-0.1, -0.05) is 49.2 Å². The van der Waals surface area contributed by atoms with Crippen molar-refractivity contribution in [2.75, 3.05) is 26.3 Å². The summed E-state index contributed by atoms with van der Waals surface area (Å²) >= 11 is 0. The molecule has 1 amide bonds. The van der Waals surface area contributed by atoms with E-state index >= 15 is 0 Å². The average molecular weight is 404 g/mol. The van der Waals surface area contributed by atoms with Crippen LogP contribution in [0.1, 0.15) is 36.8 Å². The Morgan fingerprint density at radius 2 is 2.00 bits per heavy atom. The summed E-state index contributed by atoms with van der Waals surface area (Å²) in [5, 5.41) is 8.25. The molecule has 2 heterocycles. The van der Waals surface area contributed by atoms with E-state index in [0.717, 1.165) is 49.6 Å². The van der Waals surface area contributed by atoms with Crippen LogP contribution >= 0.6 is 0 Å². The summed E-state index contributed by atoms with van der Waals surface area (Å²) in [7, 11) is 0. The molecule has 1 aromatic heterocycles. The van der Waals surface area contributed by atoms with Crippen LogP contribution in [0.3, 0.4) is 0 Å². The number of amides is 1. The second-order valence-electron chi connectivity index (χ2n) is 8.84. The summed E-state index contributed by atoms with van der Waals surface area (Å²) < 4.78 is 5.92. The smallest absolute Gasteiger partial charge is 0.233 e. The number of rotatable bonds is 4. The monoisotopic (exact) mass is 403 g/mol. The predicted molar refractivity (Wildman–Crippen MR) is 117 cm³/mol. The van der Waals surface area contributed by atoms with E-state index in [1.165, 1.54) is 11.1 Å². The second-order valence-corrected chi connectivity index (χ2v) is 8.84. The van der Waals surface area contributed by atoms with Crippen molar-refractivity contribution in [3.05, 3.63) is 65.9 Å². The zero-order valence-electron chi connectivity index (χ0n) is 17.3. The van der Waals surface area contributed by atoms with Gasteiger partial charge in [0.05, 0.1) is 30.3 Å². The lowest BCUT2D eigenvalue weighted by atomic mass is 9.77. The zero-order chi connectivity index (χ0) is 20.4. The zero-order valence-corrected chi connectivity index (χ0v) is 17.3. The van der Waals surface area contributed by atoms with Crippen molar-refractivity contribution in [1.82, 2.24) is 15.1 Å². The first kappa shape index (κ1) is 19.3. The molecule has 5 nitrogen and oxygen atoms in total. The van der Waals surface area contributed by atoms with Crippen molar-refractivity contribution in [2.24, 2.45) is 5.92 Å². The van der Waals surface area contributed by atoms with Crippen molar-refractivity contribution in [3.63, 3.8) is 0 Å². The molecule has 2 aliphatic rings. The van der Waals surface area contributed by atoms with E-state index < -0.39 is 0 Å². The van der Waals surface area contributed by atoms with Gasteiger partial charge in [0.1, 0.15) is 0 Å². The molecule has 0 spiro atoms.